The number of nitrogens with one attached hydrogen (secondary N) is 1. The van der Waals surface area contributed by atoms with Gasteiger partial charge in [0, 0.05) is 11.9 Å². The standard InChI is InChI=1S/C14H13NO3S.2C2H6/c1-19(18)15-13-4-2-3-12(9-13)10-5-7-11(8-6-10)14(16)17;2*1-2/h2-9,15H,1H3,(H,16,17);2*1-2H3. The molecule has 126 valence electrons. The van der Waals surface area contributed by atoms with Crippen LogP contribution >= 0.6 is 0 Å². The van der Waals surface area contributed by atoms with Crippen molar-refractivity contribution < 1.29 is 14.1 Å². The Morgan fingerprint density at radius 2 is 1.52 bits per heavy atom. The quantitative estimate of drug-likeness (QED) is 0.842. The van der Waals surface area contributed by atoms with E-state index in [1.807, 2.05) is 52.0 Å². The van der Waals surface area contributed by atoms with E-state index in [9.17, 15) is 9.00 Å². The summed E-state index contributed by atoms with van der Waals surface area (Å²) >= 11 is 0. The third kappa shape index (κ3) is 7.10. The fraction of sp³-hybridized carbons (Fsp3) is 0.278. The molecule has 0 spiro atoms. The van der Waals surface area contributed by atoms with Crippen LogP contribution in [0.5, 0.6) is 0 Å². The van der Waals surface area contributed by atoms with Crippen molar-refractivity contribution in [3.05, 3.63) is 54.1 Å². The fourth-order valence-corrected chi connectivity index (χ4v) is 2.19. The lowest BCUT2D eigenvalue weighted by Gasteiger charge is -2.06. The van der Waals surface area contributed by atoms with E-state index in [-0.39, 0.29) is 5.56 Å². The Kier molecular flexibility index (Phi) is 10.4. The molecule has 0 aromatic heterocycles. The Morgan fingerprint density at radius 3 is 2.00 bits per heavy atom. The highest BCUT2D eigenvalue weighted by Crippen LogP contribution is 2.23. The topological polar surface area (TPSA) is 66.4 Å². The molecule has 0 heterocycles. The Morgan fingerprint density at radius 1 is 0.957 bits per heavy atom. The molecular formula is C18H25NO3S. The van der Waals surface area contributed by atoms with Gasteiger partial charge in [0.05, 0.1) is 5.56 Å². The van der Waals surface area contributed by atoms with Crippen LogP contribution in [0.1, 0.15) is 38.1 Å². The van der Waals surface area contributed by atoms with Crippen LogP contribution in [0.4, 0.5) is 5.69 Å². The van der Waals surface area contributed by atoms with E-state index < -0.39 is 17.0 Å². The second-order valence-electron chi connectivity index (χ2n) is 4.02. The molecule has 2 aromatic rings. The number of aromatic carboxylic acids is 1. The molecule has 5 heteroatoms. The maximum atomic E-state index is 11.1. The highest BCUT2D eigenvalue weighted by molar-refractivity contribution is 7.85. The zero-order chi connectivity index (χ0) is 17.8. The fourth-order valence-electron chi connectivity index (χ4n) is 1.73. The molecule has 23 heavy (non-hydrogen) atoms. The average molecular weight is 335 g/mol. The summed E-state index contributed by atoms with van der Waals surface area (Å²) in [6, 6.07) is 14.1. The second kappa shape index (κ2) is 11.4. The minimum atomic E-state index is -1.12. The number of rotatable bonds is 4. The molecule has 0 aliphatic heterocycles. The number of anilines is 1. The Bertz CT molecular complexity index is 624. The number of carbonyl (C=O) groups is 1. The molecule has 2 rings (SSSR count). The van der Waals surface area contributed by atoms with E-state index in [2.05, 4.69) is 4.72 Å². The SMILES string of the molecule is CC.CC.CS(=O)Nc1cccc(-c2ccc(C(=O)O)cc2)c1. The van der Waals surface area contributed by atoms with Gasteiger partial charge in [-0.2, -0.15) is 0 Å². The summed E-state index contributed by atoms with van der Waals surface area (Å²) in [5, 5.41) is 8.85. The first-order valence-corrected chi connectivity index (χ1v) is 9.16. The molecule has 2 N–H and O–H groups in total. The monoisotopic (exact) mass is 335 g/mol. The van der Waals surface area contributed by atoms with Crippen LogP contribution in [0.3, 0.4) is 0 Å². The summed E-state index contributed by atoms with van der Waals surface area (Å²) in [5.41, 5.74) is 2.87. The summed E-state index contributed by atoms with van der Waals surface area (Å²) in [7, 11) is -1.12. The van der Waals surface area contributed by atoms with Crippen molar-refractivity contribution in [2.45, 2.75) is 27.7 Å². The van der Waals surface area contributed by atoms with Crippen LogP contribution in [0.15, 0.2) is 48.5 Å². The molecule has 0 amide bonds. The van der Waals surface area contributed by atoms with E-state index in [0.29, 0.717) is 0 Å². The normalized spacial score (nSPS) is 10.3. The largest absolute Gasteiger partial charge is 0.478 e. The number of carboxylic acids is 1. The van der Waals surface area contributed by atoms with Gasteiger partial charge in [0.2, 0.25) is 0 Å². The summed E-state index contributed by atoms with van der Waals surface area (Å²) in [5.74, 6) is -0.941. The van der Waals surface area contributed by atoms with Crippen LogP contribution in [-0.2, 0) is 11.0 Å². The van der Waals surface area contributed by atoms with Gasteiger partial charge in [-0.05, 0) is 35.4 Å². The zero-order valence-corrected chi connectivity index (χ0v) is 15.1. The average Bonchev–Trinajstić information content (AvgIpc) is 2.58. The van der Waals surface area contributed by atoms with Crippen molar-refractivity contribution in [2.75, 3.05) is 11.0 Å². The van der Waals surface area contributed by atoms with Crippen LogP contribution in [0.2, 0.25) is 0 Å². The maximum absolute atomic E-state index is 11.1. The maximum Gasteiger partial charge on any atom is 0.335 e. The van der Waals surface area contributed by atoms with E-state index in [1.165, 1.54) is 0 Å². The molecule has 0 bridgehead atoms. The molecule has 0 fully saturated rings. The molecule has 4 nitrogen and oxygen atoms in total. The van der Waals surface area contributed by atoms with E-state index >= 15 is 0 Å². The van der Waals surface area contributed by atoms with Crippen LogP contribution in [0, 0.1) is 0 Å². The molecule has 0 radical (unpaired) electrons. The molecule has 1 atom stereocenters. The highest BCUT2D eigenvalue weighted by Gasteiger charge is 2.04. The summed E-state index contributed by atoms with van der Waals surface area (Å²) < 4.78 is 13.9. The Labute approximate surface area is 141 Å². The van der Waals surface area contributed by atoms with E-state index in [0.717, 1.165) is 16.8 Å². The van der Waals surface area contributed by atoms with Crippen molar-refractivity contribution in [2.24, 2.45) is 0 Å². The molecule has 0 saturated heterocycles. The smallest absolute Gasteiger partial charge is 0.335 e. The van der Waals surface area contributed by atoms with E-state index in [4.69, 9.17) is 5.11 Å². The summed E-state index contributed by atoms with van der Waals surface area (Å²) in [6.07, 6.45) is 1.56. The van der Waals surface area contributed by atoms with Crippen LogP contribution < -0.4 is 4.72 Å². The number of hydrogen-bond acceptors (Lipinski definition) is 2. The van der Waals surface area contributed by atoms with Gasteiger partial charge in [0.25, 0.3) is 0 Å². The molecule has 0 aliphatic rings. The molecule has 0 aliphatic carbocycles. The minimum Gasteiger partial charge on any atom is -0.478 e. The Balaban J connectivity index is 0.00000112. The zero-order valence-electron chi connectivity index (χ0n) is 14.3. The lowest BCUT2D eigenvalue weighted by atomic mass is 10.0. The Hall–Kier alpha value is -2.14. The minimum absolute atomic E-state index is 0.257. The van der Waals surface area contributed by atoms with Crippen molar-refractivity contribution in [1.82, 2.24) is 0 Å². The molecular weight excluding hydrogens is 310 g/mol. The van der Waals surface area contributed by atoms with Crippen molar-refractivity contribution in [3.8, 4) is 11.1 Å². The van der Waals surface area contributed by atoms with E-state index in [1.54, 1.807) is 30.5 Å². The predicted molar refractivity (Wildman–Crippen MR) is 99.2 cm³/mol. The second-order valence-corrected chi connectivity index (χ2v) is 5.13. The van der Waals surface area contributed by atoms with Gasteiger partial charge in [-0.15, -0.1) is 0 Å². The van der Waals surface area contributed by atoms with Gasteiger partial charge in [0.15, 0.2) is 0 Å². The molecule has 0 saturated carbocycles. The number of carboxylic acid groups (broad SMARTS) is 1. The predicted octanol–water partition coefficient (Wildman–Crippen LogP) is 4.81. The van der Waals surface area contributed by atoms with Crippen LogP contribution in [-0.4, -0.2) is 21.5 Å². The molecule has 2 aromatic carbocycles. The van der Waals surface area contributed by atoms with Gasteiger partial charge in [-0.1, -0.05) is 52.0 Å². The first-order valence-electron chi connectivity index (χ1n) is 7.60. The lowest BCUT2D eigenvalue weighted by molar-refractivity contribution is 0.0697. The van der Waals surface area contributed by atoms with Gasteiger partial charge in [0.1, 0.15) is 11.0 Å². The van der Waals surface area contributed by atoms with Crippen molar-refractivity contribution in [1.29, 1.82) is 0 Å². The lowest BCUT2D eigenvalue weighted by Crippen LogP contribution is -2.00. The van der Waals surface area contributed by atoms with Crippen molar-refractivity contribution >= 4 is 22.6 Å². The third-order valence-electron chi connectivity index (χ3n) is 2.59. The van der Waals surface area contributed by atoms with Crippen LogP contribution in [0.25, 0.3) is 11.1 Å². The van der Waals surface area contributed by atoms with Gasteiger partial charge < -0.3 is 9.83 Å². The summed E-state index contributed by atoms with van der Waals surface area (Å²) in [4.78, 5) is 10.8. The van der Waals surface area contributed by atoms with Gasteiger partial charge in [-0.3, -0.25) is 0 Å². The molecule has 1 unspecified atom stereocenters. The first kappa shape index (κ1) is 20.9. The third-order valence-corrected chi connectivity index (χ3v) is 3.11. The van der Waals surface area contributed by atoms with Gasteiger partial charge in [-0.25, -0.2) is 9.00 Å². The highest BCUT2D eigenvalue weighted by atomic mass is 32.2. The first-order chi connectivity index (χ1) is 11.1. The number of benzene rings is 2. The summed E-state index contributed by atoms with van der Waals surface area (Å²) in [6.45, 7) is 8.00. The van der Waals surface area contributed by atoms with Gasteiger partial charge >= 0.3 is 5.97 Å². The van der Waals surface area contributed by atoms with Crippen molar-refractivity contribution in [3.63, 3.8) is 0 Å². The number of hydrogen-bond donors (Lipinski definition) is 2.